The van der Waals surface area contributed by atoms with Crippen LogP contribution in [0.3, 0.4) is 0 Å². The molecule has 3 N–H and O–H groups in total. The van der Waals surface area contributed by atoms with Crippen molar-refractivity contribution in [3.05, 3.63) is 57.8 Å². The van der Waals surface area contributed by atoms with Gasteiger partial charge >= 0.3 is 0 Å². The Morgan fingerprint density at radius 2 is 1.95 bits per heavy atom. The zero-order valence-corrected chi connectivity index (χ0v) is 11.5. The third-order valence-corrected chi connectivity index (χ3v) is 3.27. The van der Waals surface area contributed by atoms with Crippen molar-refractivity contribution in [3.63, 3.8) is 0 Å². The first-order valence-corrected chi connectivity index (χ1v) is 6.37. The minimum absolute atomic E-state index is 0.342. The molecule has 2 rings (SSSR count). The molecular formula is C14H11BrFN3. The predicted octanol–water partition coefficient (Wildman–Crippen LogP) is 3.65. The van der Waals surface area contributed by atoms with Crippen LogP contribution in [0.15, 0.2) is 40.9 Å². The van der Waals surface area contributed by atoms with Gasteiger partial charge in [0.1, 0.15) is 5.82 Å². The van der Waals surface area contributed by atoms with Crippen LogP contribution in [-0.4, -0.2) is 0 Å². The highest BCUT2D eigenvalue weighted by Crippen LogP contribution is 2.26. The lowest BCUT2D eigenvalue weighted by Crippen LogP contribution is -2.03. The van der Waals surface area contributed by atoms with Gasteiger partial charge in [-0.05, 0) is 39.7 Å². The number of nitriles is 1. The SMILES string of the molecule is N#Cc1ccc(CNc2cc(F)c(Br)cc2N)cc1. The second kappa shape index (κ2) is 5.72. The van der Waals surface area contributed by atoms with E-state index in [1.54, 1.807) is 12.1 Å². The number of anilines is 2. The Morgan fingerprint density at radius 3 is 2.58 bits per heavy atom. The van der Waals surface area contributed by atoms with Gasteiger partial charge in [-0.3, -0.25) is 0 Å². The third kappa shape index (κ3) is 3.24. The van der Waals surface area contributed by atoms with E-state index in [-0.39, 0.29) is 5.82 Å². The molecule has 0 unspecified atom stereocenters. The maximum Gasteiger partial charge on any atom is 0.139 e. The summed E-state index contributed by atoms with van der Waals surface area (Å²) in [7, 11) is 0. The molecule has 0 saturated heterocycles. The molecule has 19 heavy (non-hydrogen) atoms. The van der Waals surface area contributed by atoms with Crippen molar-refractivity contribution in [2.75, 3.05) is 11.1 Å². The standard InChI is InChI=1S/C14H11BrFN3/c15-11-5-13(18)14(6-12(11)16)19-8-10-3-1-9(7-17)2-4-10/h1-6,19H,8,18H2. The van der Waals surface area contributed by atoms with Gasteiger partial charge in [0, 0.05) is 12.6 Å². The smallest absolute Gasteiger partial charge is 0.139 e. The van der Waals surface area contributed by atoms with Crippen LogP contribution in [-0.2, 0) is 6.54 Å². The van der Waals surface area contributed by atoms with Gasteiger partial charge < -0.3 is 11.1 Å². The summed E-state index contributed by atoms with van der Waals surface area (Å²) in [6, 6.07) is 12.1. The molecule has 0 amide bonds. The molecule has 0 bridgehead atoms. The van der Waals surface area contributed by atoms with Crippen molar-refractivity contribution in [1.29, 1.82) is 5.26 Å². The van der Waals surface area contributed by atoms with Crippen molar-refractivity contribution in [1.82, 2.24) is 0 Å². The average molecular weight is 320 g/mol. The minimum Gasteiger partial charge on any atom is -0.397 e. The van der Waals surface area contributed by atoms with Crippen LogP contribution in [0.25, 0.3) is 0 Å². The summed E-state index contributed by atoms with van der Waals surface area (Å²) in [5.74, 6) is -0.364. The quantitative estimate of drug-likeness (QED) is 0.849. The van der Waals surface area contributed by atoms with E-state index in [0.717, 1.165) is 5.56 Å². The summed E-state index contributed by atoms with van der Waals surface area (Å²) in [6.45, 7) is 0.511. The lowest BCUT2D eigenvalue weighted by Gasteiger charge is -2.10. The molecule has 0 heterocycles. The molecule has 0 aromatic heterocycles. The van der Waals surface area contributed by atoms with E-state index in [4.69, 9.17) is 11.0 Å². The first-order valence-electron chi connectivity index (χ1n) is 5.57. The van der Waals surface area contributed by atoms with Gasteiger partial charge in [0.05, 0.1) is 27.5 Å². The molecule has 3 nitrogen and oxygen atoms in total. The number of nitrogens with one attached hydrogen (secondary N) is 1. The fraction of sp³-hybridized carbons (Fsp3) is 0.0714. The fourth-order valence-electron chi connectivity index (χ4n) is 1.61. The molecule has 0 radical (unpaired) electrons. The van der Waals surface area contributed by atoms with Gasteiger partial charge in [0.25, 0.3) is 0 Å². The lowest BCUT2D eigenvalue weighted by molar-refractivity contribution is 0.622. The molecule has 0 aliphatic rings. The van der Waals surface area contributed by atoms with E-state index in [0.29, 0.717) is 28.0 Å². The van der Waals surface area contributed by atoms with E-state index in [9.17, 15) is 4.39 Å². The number of hydrogen-bond acceptors (Lipinski definition) is 3. The zero-order valence-electron chi connectivity index (χ0n) is 9.95. The predicted molar refractivity (Wildman–Crippen MR) is 77.0 cm³/mol. The zero-order chi connectivity index (χ0) is 13.8. The van der Waals surface area contributed by atoms with Gasteiger partial charge in [0.2, 0.25) is 0 Å². The summed E-state index contributed by atoms with van der Waals surface area (Å²) < 4.78 is 13.7. The summed E-state index contributed by atoms with van der Waals surface area (Å²) in [5, 5.41) is 11.8. The maximum atomic E-state index is 13.4. The average Bonchev–Trinajstić information content (AvgIpc) is 2.42. The molecule has 96 valence electrons. The number of rotatable bonds is 3. The van der Waals surface area contributed by atoms with Gasteiger partial charge in [-0.1, -0.05) is 12.1 Å². The van der Waals surface area contributed by atoms with Crippen molar-refractivity contribution >= 4 is 27.3 Å². The molecule has 0 spiro atoms. The van der Waals surface area contributed by atoms with Crippen LogP contribution in [0.2, 0.25) is 0 Å². The van der Waals surface area contributed by atoms with Crippen LogP contribution in [0.1, 0.15) is 11.1 Å². The fourth-order valence-corrected chi connectivity index (χ4v) is 1.97. The number of nitrogens with zero attached hydrogens (tertiary/aromatic N) is 1. The molecule has 0 fully saturated rings. The highest BCUT2D eigenvalue weighted by molar-refractivity contribution is 9.10. The Bertz CT molecular complexity index is 632. The number of nitrogen functional groups attached to an aromatic ring is 1. The summed E-state index contributed by atoms with van der Waals surface area (Å²) in [5.41, 5.74) is 8.42. The second-order valence-electron chi connectivity index (χ2n) is 4.02. The van der Waals surface area contributed by atoms with Crippen LogP contribution < -0.4 is 11.1 Å². The molecule has 5 heteroatoms. The van der Waals surface area contributed by atoms with Crippen LogP contribution in [0.4, 0.5) is 15.8 Å². The third-order valence-electron chi connectivity index (χ3n) is 2.66. The molecule has 0 aliphatic heterocycles. The first kappa shape index (κ1) is 13.4. The minimum atomic E-state index is -0.364. The highest BCUT2D eigenvalue weighted by atomic mass is 79.9. The second-order valence-corrected chi connectivity index (χ2v) is 4.87. The van der Waals surface area contributed by atoms with E-state index in [2.05, 4.69) is 27.3 Å². The Kier molecular flexibility index (Phi) is 4.03. The van der Waals surface area contributed by atoms with Crippen LogP contribution >= 0.6 is 15.9 Å². The molecule has 0 atom stereocenters. The maximum absolute atomic E-state index is 13.4. The van der Waals surface area contributed by atoms with E-state index in [1.165, 1.54) is 12.1 Å². The highest BCUT2D eigenvalue weighted by Gasteiger charge is 2.05. The van der Waals surface area contributed by atoms with Gasteiger partial charge in [-0.25, -0.2) is 4.39 Å². The topological polar surface area (TPSA) is 61.8 Å². The first-order chi connectivity index (χ1) is 9.10. The number of benzene rings is 2. The Labute approximate surface area is 119 Å². The Balaban J connectivity index is 2.10. The van der Waals surface area contributed by atoms with E-state index >= 15 is 0 Å². The molecule has 2 aromatic rings. The molecule has 2 aromatic carbocycles. The summed E-state index contributed by atoms with van der Waals surface area (Å²) in [6.07, 6.45) is 0. The Hall–Kier alpha value is -2.06. The van der Waals surface area contributed by atoms with Crippen molar-refractivity contribution in [2.24, 2.45) is 0 Å². The normalized spacial score (nSPS) is 9.95. The molecule has 0 saturated carbocycles. The van der Waals surface area contributed by atoms with Crippen LogP contribution in [0, 0.1) is 17.1 Å². The van der Waals surface area contributed by atoms with Gasteiger partial charge in [0.15, 0.2) is 0 Å². The summed E-state index contributed by atoms with van der Waals surface area (Å²) in [4.78, 5) is 0. The van der Waals surface area contributed by atoms with Gasteiger partial charge in [-0.2, -0.15) is 5.26 Å². The monoisotopic (exact) mass is 319 g/mol. The molecule has 0 aliphatic carbocycles. The molecular weight excluding hydrogens is 309 g/mol. The lowest BCUT2D eigenvalue weighted by atomic mass is 10.1. The van der Waals surface area contributed by atoms with Crippen molar-refractivity contribution in [2.45, 2.75) is 6.54 Å². The van der Waals surface area contributed by atoms with Crippen molar-refractivity contribution < 1.29 is 4.39 Å². The van der Waals surface area contributed by atoms with E-state index in [1.807, 2.05) is 12.1 Å². The van der Waals surface area contributed by atoms with Crippen molar-refractivity contribution in [3.8, 4) is 6.07 Å². The number of nitrogens with two attached hydrogens (primary N) is 1. The van der Waals surface area contributed by atoms with E-state index < -0.39 is 0 Å². The largest absolute Gasteiger partial charge is 0.397 e. The number of hydrogen-bond donors (Lipinski definition) is 2. The number of halogens is 2. The van der Waals surface area contributed by atoms with Crippen LogP contribution in [0.5, 0.6) is 0 Å². The van der Waals surface area contributed by atoms with Gasteiger partial charge in [-0.15, -0.1) is 0 Å². The summed E-state index contributed by atoms with van der Waals surface area (Å²) >= 11 is 3.08. The Morgan fingerprint density at radius 1 is 1.26 bits per heavy atom.